The average Bonchev–Trinajstić information content (AvgIpc) is 2.85. The van der Waals surface area contributed by atoms with Crippen molar-refractivity contribution in [1.82, 2.24) is 14.8 Å². The van der Waals surface area contributed by atoms with Crippen LogP contribution in [0.1, 0.15) is 22.5 Å². The largest absolute Gasteiger partial charge is 0.397 e. The zero-order chi connectivity index (χ0) is 25.2. The maximum atomic E-state index is 13.0. The van der Waals surface area contributed by atoms with E-state index in [1.165, 1.54) is 0 Å². The Labute approximate surface area is 205 Å². The van der Waals surface area contributed by atoms with Crippen LogP contribution in [0.5, 0.6) is 0 Å². The number of carbonyl (C=O) groups is 2. The number of anilines is 3. The van der Waals surface area contributed by atoms with Crippen molar-refractivity contribution in [2.75, 3.05) is 43.6 Å². The predicted octanol–water partition coefficient (Wildman–Crippen LogP) is 4.45. The van der Waals surface area contributed by atoms with E-state index in [1.54, 1.807) is 71.8 Å². The molecule has 9 heteroatoms. The number of hydrogen-bond acceptors (Lipinski definition) is 5. The quantitative estimate of drug-likeness (QED) is 0.316. The number of benzene rings is 2. The first-order chi connectivity index (χ1) is 16.9. The molecule has 35 heavy (non-hydrogen) atoms. The molecule has 0 bridgehead atoms. The van der Waals surface area contributed by atoms with Crippen molar-refractivity contribution in [3.05, 3.63) is 89.5 Å². The van der Waals surface area contributed by atoms with Crippen molar-refractivity contribution < 1.29 is 9.59 Å². The average molecular weight is 472 g/mol. The highest BCUT2D eigenvalue weighted by atomic mass is 16.2. The second-order valence-electron chi connectivity index (χ2n) is 8.26. The molecule has 1 heterocycles. The fourth-order valence-corrected chi connectivity index (χ4v) is 3.32. The van der Waals surface area contributed by atoms with Gasteiger partial charge in [-0.1, -0.05) is 30.3 Å². The van der Waals surface area contributed by atoms with Crippen molar-refractivity contribution in [1.29, 1.82) is 0 Å². The molecular formula is C26H29N7O2. The lowest BCUT2D eigenvalue weighted by molar-refractivity contribution is 0.102. The number of aromatic nitrogens is 1. The molecule has 0 atom stereocenters. The molecule has 0 aliphatic heterocycles. The molecule has 0 unspecified atom stereocenters. The van der Waals surface area contributed by atoms with Crippen LogP contribution in [-0.2, 0) is 6.54 Å². The van der Waals surface area contributed by atoms with E-state index in [0.29, 0.717) is 35.8 Å². The minimum absolute atomic E-state index is 0.249. The van der Waals surface area contributed by atoms with Crippen LogP contribution in [0.3, 0.4) is 0 Å². The molecule has 3 aromatic rings. The Morgan fingerprint density at radius 1 is 1.00 bits per heavy atom. The summed E-state index contributed by atoms with van der Waals surface area (Å²) in [5, 5.41) is 5.64. The number of nitrogens with zero attached hydrogens (tertiary/aromatic N) is 4. The molecule has 1 aromatic heterocycles. The Bertz CT molecular complexity index is 1190. The summed E-state index contributed by atoms with van der Waals surface area (Å²) in [6, 6.07) is 16.9. The van der Waals surface area contributed by atoms with Crippen LogP contribution >= 0.6 is 0 Å². The number of nitrogens with two attached hydrogens (primary N) is 1. The lowest BCUT2D eigenvalue weighted by atomic mass is 10.2. The zero-order valence-electron chi connectivity index (χ0n) is 19.9. The third-order valence-electron chi connectivity index (χ3n) is 5.21. The Balaban J connectivity index is 1.67. The Morgan fingerprint density at radius 2 is 1.74 bits per heavy atom. The molecule has 0 saturated carbocycles. The van der Waals surface area contributed by atoms with Gasteiger partial charge in [0.05, 0.1) is 17.9 Å². The van der Waals surface area contributed by atoms with E-state index in [-0.39, 0.29) is 17.6 Å². The van der Waals surface area contributed by atoms with Gasteiger partial charge in [0.25, 0.3) is 5.91 Å². The molecule has 3 amide bonds. The van der Waals surface area contributed by atoms with Gasteiger partial charge < -0.3 is 26.2 Å². The number of nitrogen functional groups attached to an aromatic ring is 1. The van der Waals surface area contributed by atoms with Gasteiger partial charge in [-0.2, -0.15) is 0 Å². The number of para-hydroxylation sites is 2. The van der Waals surface area contributed by atoms with Crippen molar-refractivity contribution in [3.8, 4) is 0 Å². The van der Waals surface area contributed by atoms with Gasteiger partial charge in [0, 0.05) is 25.0 Å². The first-order valence-corrected chi connectivity index (χ1v) is 11.1. The van der Waals surface area contributed by atoms with Gasteiger partial charge in [-0.3, -0.25) is 9.78 Å². The molecule has 4 N–H and O–H groups in total. The molecule has 9 nitrogen and oxygen atoms in total. The smallest absolute Gasteiger partial charge is 0.322 e. The minimum Gasteiger partial charge on any atom is -0.397 e. The van der Waals surface area contributed by atoms with Crippen LogP contribution in [0.4, 0.5) is 27.5 Å². The van der Waals surface area contributed by atoms with E-state index in [2.05, 4.69) is 25.4 Å². The number of amides is 3. The van der Waals surface area contributed by atoms with Crippen molar-refractivity contribution in [2.24, 2.45) is 0 Å². The van der Waals surface area contributed by atoms with Gasteiger partial charge in [-0.25, -0.2) is 9.64 Å². The van der Waals surface area contributed by atoms with Crippen LogP contribution in [0.2, 0.25) is 0 Å². The number of urea groups is 1. The third-order valence-corrected chi connectivity index (χ3v) is 5.21. The van der Waals surface area contributed by atoms with E-state index >= 15 is 0 Å². The highest BCUT2D eigenvalue weighted by molar-refractivity contribution is 6.04. The van der Waals surface area contributed by atoms with Gasteiger partial charge in [-0.05, 0) is 63.0 Å². The number of carbonyl (C=O) groups excluding carboxylic acids is 2. The highest BCUT2D eigenvalue weighted by Gasteiger charge is 2.16. The van der Waals surface area contributed by atoms with Crippen molar-refractivity contribution in [3.63, 3.8) is 0 Å². The Morgan fingerprint density at radius 3 is 2.37 bits per heavy atom. The lowest BCUT2D eigenvalue weighted by Gasteiger charge is -2.24. The first-order valence-electron chi connectivity index (χ1n) is 11.1. The number of rotatable bonds is 9. The SMILES string of the molecule is [C-]#[N+]c1ccc(NC(=O)N(CCCN(C)C)Cc2ccc(C(=O)Nc3ccccc3N)nc2)cc1. The van der Waals surface area contributed by atoms with Gasteiger partial charge in [-0.15, -0.1) is 0 Å². The standard InChI is InChI=1S/C26H29N7O2/c1-28-20-10-12-21(13-11-20)30-26(35)33(16-6-15-32(2)3)18-19-9-14-24(29-17-19)25(34)31-23-8-5-4-7-22(23)27/h4-5,7-14,17H,6,15-16,18,27H2,2-3H3,(H,30,35)(H,31,34). The molecule has 0 saturated heterocycles. The van der Waals surface area contributed by atoms with Crippen molar-refractivity contribution in [2.45, 2.75) is 13.0 Å². The number of hydrogen-bond donors (Lipinski definition) is 3. The van der Waals surface area contributed by atoms with Crippen LogP contribution < -0.4 is 16.4 Å². The van der Waals surface area contributed by atoms with Crippen LogP contribution in [0, 0.1) is 6.57 Å². The molecule has 0 aliphatic carbocycles. The van der Waals surface area contributed by atoms with E-state index < -0.39 is 0 Å². The molecule has 0 fully saturated rings. The summed E-state index contributed by atoms with van der Waals surface area (Å²) in [6.07, 6.45) is 2.39. The number of nitrogens with one attached hydrogen (secondary N) is 2. The van der Waals surface area contributed by atoms with E-state index in [9.17, 15) is 9.59 Å². The van der Waals surface area contributed by atoms with Crippen molar-refractivity contribution >= 4 is 34.7 Å². The van der Waals surface area contributed by atoms with E-state index in [1.807, 2.05) is 14.1 Å². The fourth-order valence-electron chi connectivity index (χ4n) is 3.32. The number of pyridine rings is 1. The maximum Gasteiger partial charge on any atom is 0.322 e. The summed E-state index contributed by atoms with van der Waals surface area (Å²) in [7, 11) is 3.97. The Hall–Kier alpha value is -4.42. The molecule has 180 valence electrons. The predicted molar refractivity (Wildman–Crippen MR) is 138 cm³/mol. The molecule has 3 rings (SSSR count). The van der Waals surface area contributed by atoms with Gasteiger partial charge in [0.15, 0.2) is 5.69 Å². The summed E-state index contributed by atoms with van der Waals surface area (Å²) in [5.41, 5.74) is 9.06. The summed E-state index contributed by atoms with van der Waals surface area (Å²) in [5.74, 6) is -0.363. The first kappa shape index (κ1) is 25.2. The summed E-state index contributed by atoms with van der Waals surface area (Å²) in [6.45, 7) is 8.77. The van der Waals surface area contributed by atoms with Gasteiger partial charge in [0.1, 0.15) is 5.69 Å². The van der Waals surface area contributed by atoms with Crippen LogP contribution in [-0.4, -0.2) is 53.9 Å². The Kier molecular flexibility index (Phi) is 8.76. The molecule has 0 aliphatic rings. The second-order valence-corrected chi connectivity index (χ2v) is 8.26. The molecular weight excluding hydrogens is 442 g/mol. The highest BCUT2D eigenvalue weighted by Crippen LogP contribution is 2.19. The fraction of sp³-hybridized carbons (Fsp3) is 0.231. The van der Waals surface area contributed by atoms with Gasteiger partial charge >= 0.3 is 6.03 Å². The second kappa shape index (κ2) is 12.2. The molecule has 0 spiro atoms. The van der Waals surface area contributed by atoms with E-state index in [0.717, 1.165) is 18.5 Å². The minimum atomic E-state index is -0.363. The normalized spacial score (nSPS) is 10.5. The zero-order valence-corrected chi connectivity index (χ0v) is 19.9. The summed E-state index contributed by atoms with van der Waals surface area (Å²) < 4.78 is 0. The van der Waals surface area contributed by atoms with Crippen LogP contribution in [0.15, 0.2) is 66.9 Å². The van der Waals surface area contributed by atoms with Crippen LogP contribution in [0.25, 0.3) is 4.85 Å². The third kappa shape index (κ3) is 7.55. The molecule has 2 aromatic carbocycles. The van der Waals surface area contributed by atoms with Gasteiger partial charge in [0.2, 0.25) is 0 Å². The topological polar surface area (TPSA) is 108 Å². The monoisotopic (exact) mass is 471 g/mol. The molecule has 0 radical (unpaired) electrons. The summed E-state index contributed by atoms with van der Waals surface area (Å²) in [4.78, 5) is 36.9. The maximum absolute atomic E-state index is 13.0. The lowest BCUT2D eigenvalue weighted by Crippen LogP contribution is -2.36. The summed E-state index contributed by atoms with van der Waals surface area (Å²) >= 11 is 0. The van der Waals surface area contributed by atoms with E-state index in [4.69, 9.17) is 12.3 Å².